The summed E-state index contributed by atoms with van der Waals surface area (Å²) in [6.45, 7) is 0. The number of rotatable bonds is 5. The Bertz CT molecular complexity index is 565. The van der Waals surface area contributed by atoms with Crippen molar-refractivity contribution < 1.29 is 22.6 Å². The van der Waals surface area contributed by atoms with Crippen molar-refractivity contribution in [1.82, 2.24) is 0 Å². The third-order valence-electron chi connectivity index (χ3n) is 2.62. The van der Waals surface area contributed by atoms with E-state index in [4.69, 9.17) is 4.74 Å². The van der Waals surface area contributed by atoms with Gasteiger partial charge in [0.25, 0.3) is 0 Å². The number of benzene rings is 2. The Morgan fingerprint density at radius 3 is 2.00 bits per heavy atom. The molecule has 2 aromatic carbocycles. The highest BCUT2D eigenvalue weighted by atomic mass is 32.2. The Morgan fingerprint density at radius 1 is 0.905 bits per heavy atom. The summed E-state index contributed by atoms with van der Waals surface area (Å²) in [5.41, 5.74) is 0.922. The summed E-state index contributed by atoms with van der Waals surface area (Å²) >= 11 is 1.59. The van der Waals surface area contributed by atoms with Gasteiger partial charge in [0.05, 0.1) is 7.11 Å². The summed E-state index contributed by atoms with van der Waals surface area (Å²) in [6, 6.07) is 13.5. The van der Waals surface area contributed by atoms with Crippen LogP contribution in [0.25, 0.3) is 0 Å². The molecule has 0 fully saturated rings. The lowest BCUT2D eigenvalue weighted by atomic mass is 10.2. The fraction of sp³-hybridized carbons (Fsp3) is 0.200. The highest BCUT2D eigenvalue weighted by Crippen LogP contribution is 2.27. The number of ether oxygens (including phenoxy) is 2. The molecule has 0 saturated carbocycles. The summed E-state index contributed by atoms with van der Waals surface area (Å²) in [5.74, 6) is 1.24. The molecule has 0 saturated heterocycles. The quantitative estimate of drug-likeness (QED) is 0.732. The van der Waals surface area contributed by atoms with Crippen LogP contribution in [0, 0.1) is 0 Å². The molecule has 0 N–H and O–H groups in total. The molecule has 0 bridgehead atoms. The first-order chi connectivity index (χ1) is 9.96. The molecule has 0 aliphatic heterocycles. The number of thioether (sulfide) groups is 1. The van der Waals surface area contributed by atoms with Crippen LogP contribution in [0.4, 0.5) is 13.2 Å². The predicted octanol–water partition coefficient (Wildman–Crippen LogP) is 4.89. The topological polar surface area (TPSA) is 18.5 Å². The molecule has 0 aromatic heterocycles. The number of hydrogen-bond acceptors (Lipinski definition) is 3. The van der Waals surface area contributed by atoms with Crippen molar-refractivity contribution in [1.29, 1.82) is 0 Å². The van der Waals surface area contributed by atoms with Gasteiger partial charge in [0.15, 0.2) is 0 Å². The van der Waals surface area contributed by atoms with Crippen LogP contribution in [0.15, 0.2) is 53.4 Å². The second kappa shape index (κ2) is 6.76. The second-order valence-corrected chi connectivity index (χ2v) is 5.20. The summed E-state index contributed by atoms with van der Waals surface area (Å²) in [6.07, 6.45) is -4.65. The molecule has 0 unspecified atom stereocenters. The van der Waals surface area contributed by atoms with E-state index in [1.54, 1.807) is 31.0 Å². The first-order valence-corrected chi connectivity index (χ1v) is 7.06. The maximum absolute atomic E-state index is 12.0. The lowest BCUT2D eigenvalue weighted by molar-refractivity contribution is -0.274. The smallest absolute Gasteiger partial charge is 0.497 e. The first-order valence-electron chi connectivity index (χ1n) is 6.08. The molecule has 0 aliphatic rings. The van der Waals surface area contributed by atoms with Gasteiger partial charge in [0, 0.05) is 10.6 Å². The Hall–Kier alpha value is -1.82. The first kappa shape index (κ1) is 15.6. The van der Waals surface area contributed by atoms with E-state index in [1.165, 1.54) is 12.1 Å². The van der Waals surface area contributed by atoms with E-state index in [9.17, 15) is 13.2 Å². The minimum atomic E-state index is -4.65. The summed E-state index contributed by atoms with van der Waals surface area (Å²) in [7, 11) is 1.60. The molecule has 2 rings (SSSR count). The zero-order valence-electron chi connectivity index (χ0n) is 11.2. The van der Waals surface area contributed by atoms with Crippen LogP contribution >= 0.6 is 11.8 Å². The third-order valence-corrected chi connectivity index (χ3v) is 3.71. The molecule has 6 heteroatoms. The van der Waals surface area contributed by atoms with Crippen molar-refractivity contribution in [3.05, 3.63) is 54.1 Å². The number of methoxy groups -OCH3 is 1. The Balaban J connectivity index is 1.91. The molecule has 0 amide bonds. The fourth-order valence-corrected chi connectivity index (χ4v) is 2.48. The largest absolute Gasteiger partial charge is 0.573 e. The highest BCUT2D eigenvalue weighted by molar-refractivity contribution is 7.98. The van der Waals surface area contributed by atoms with Gasteiger partial charge in [0.2, 0.25) is 0 Å². The zero-order chi connectivity index (χ0) is 15.3. The molecule has 21 heavy (non-hydrogen) atoms. The van der Waals surface area contributed by atoms with E-state index in [0.717, 1.165) is 16.2 Å². The Labute approximate surface area is 124 Å². The van der Waals surface area contributed by atoms with Crippen LogP contribution < -0.4 is 9.47 Å². The molecule has 0 heterocycles. The van der Waals surface area contributed by atoms with Crippen LogP contribution in [0.5, 0.6) is 11.5 Å². The molecule has 112 valence electrons. The van der Waals surface area contributed by atoms with E-state index in [2.05, 4.69) is 4.74 Å². The van der Waals surface area contributed by atoms with Crippen molar-refractivity contribution in [3.63, 3.8) is 0 Å². The summed E-state index contributed by atoms with van der Waals surface area (Å²) in [5, 5.41) is 0. The van der Waals surface area contributed by atoms with E-state index < -0.39 is 6.36 Å². The normalized spacial score (nSPS) is 11.2. The van der Waals surface area contributed by atoms with E-state index in [0.29, 0.717) is 5.75 Å². The monoisotopic (exact) mass is 314 g/mol. The van der Waals surface area contributed by atoms with Crippen molar-refractivity contribution >= 4 is 11.8 Å². The molecular weight excluding hydrogens is 301 g/mol. The van der Waals surface area contributed by atoms with Gasteiger partial charge in [-0.15, -0.1) is 24.9 Å². The SMILES string of the molecule is COc1ccc(SCc2ccc(OC(F)(F)F)cc2)cc1. The number of halogens is 3. The fourth-order valence-electron chi connectivity index (χ4n) is 1.63. The van der Waals surface area contributed by atoms with Crippen molar-refractivity contribution in [2.24, 2.45) is 0 Å². The van der Waals surface area contributed by atoms with Gasteiger partial charge in [-0.05, 0) is 42.0 Å². The average Bonchev–Trinajstić information content (AvgIpc) is 2.45. The minimum absolute atomic E-state index is 0.208. The van der Waals surface area contributed by atoms with Gasteiger partial charge in [-0.2, -0.15) is 0 Å². The molecule has 2 nitrogen and oxygen atoms in total. The van der Waals surface area contributed by atoms with Gasteiger partial charge >= 0.3 is 6.36 Å². The molecule has 0 aliphatic carbocycles. The molecule has 2 aromatic rings. The van der Waals surface area contributed by atoms with Gasteiger partial charge in [-0.1, -0.05) is 12.1 Å². The molecule has 0 atom stereocenters. The lowest BCUT2D eigenvalue weighted by Gasteiger charge is -2.09. The molecule has 0 radical (unpaired) electrons. The maximum atomic E-state index is 12.0. The van der Waals surface area contributed by atoms with Gasteiger partial charge in [-0.25, -0.2) is 0 Å². The number of alkyl halides is 3. The molecule has 0 spiro atoms. The number of hydrogen-bond donors (Lipinski definition) is 0. The minimum Gasteiger partial charge on any atom is -0.497 e. The van der Waals surface area contributed by atoms with Gasteiger partial charge < -0.3 is 9.47 Å². The zero-order valence-corrected chi connectivity index (χ0v) is 12.0. The van der Waals surface area contributed by atoms with Crippen molar-refractivity contribution in [3.8, 4) is 11.5 Å². The highest BCUT2D eigenvalue weighted by Gasteiger charge is 2.30. The van der Waals surface area contributed by atoms with Crippen LogP contribution in [0.1, 0.15) is 5.56 Å². The van der Waals surface area contributed by atoms with Crippen LogP contribution in [0.3, 0.4) is 0 Å². The maximum Gasteiger partial charge on any atom is 0.573 e. The third kappa shape index (κ3) is 5.23. The van der Waals surface area contributed by atoms with Crippen LogP contribution in [-0.4, -0.2) is 13.5 Å². The van der Waals surface area contributed by atoms with Crippen LogP contribution in [0.2, 0.25) is 0 Å². The Kier molecular flexibility index (Phi) is 5.01. The van der Waals surface area contributed by atoms with Gasteiger partial charge in [-0.3, -0.25) is 0 Å². The Morgan fingerprint density at radius 2 is 1.48 bits per heavy atom. The van der Waals surface area contributed by atoms with E-state index in [-0.39, 0.29) is 5.75 Å². The average molecular weight is 314 g/mol. The second-order valence-electron chi connectivity index (χ2n) is 4.16. The standard InChI is InChI=1S/C15H13F3O2S/c1-19-12-6-8-14(9-7-12)21-10-11-2-4-13(5-3-11)20-15(16,17)18/h2-9H,10H2,1H3. The van der Waals surface area contributed by atoms with Gasteiger partial charge in [0.1, 0.15) is 11.5 Å². The summed E-state index contributed by atoms with van der Waals surface area (Å²) in [4.78, 5) is 1.06. The summed E-state index contributed by atoms with van der Waals surface area (Å²) < 4.78 is 45.0. The predicted molar refractivity (Wildman–Crippen MR) is 75.7 cm³/mol. The van der Waals surface area contributed by atoms with E-state index in [1.807, 2.05) is 24.3 Å². The van der Waals surface area contributed by atoms with Crippen molar-refractivity contribution in [2.45, 2.75) is 17.0 Å². The molecular formula is C15H13F3O2S. The van der Waals surface area contributed by atoms with Crippen molar-refractivity contribution in [2.75, 3.05) is 7.11 Å². The van der Waals surface area contributed by atoms with Crippen LogP contribution in [-0.2, 0) is 5.75 Å². The lowest BCUT2D eigenvalue weighted by Crippen LogP contribution is -2.16. The van der Waals surface area contributed by atoms with E-state index >= 15 is 0 Å².